The van der Waals surface area contributed by atoms with Crippen LogP contribution < -0.4 is 16.4 Å². The summed E-state index contributed by atoms with van der Waals surface area (Å²) in [7, 11) is 0. The molecule has 0 spiro atoms. The van der Waals surface area contributed by atoms with Crippen molar-refractivity contribution in [1.82, 2.24) is 10.6 Å². The summed E-state index contributed by atoms with van der Waals surface area (Å²) in [5, 5.41) is 7.01. The number of benzene rings is 2. The Bertz CT molecular complexity index is 737. The molecule has 0 bridgehead atoms. The molecule has 0 aliphatic heterocycles. The van der Waals surface area contributed by atoms with Gasteiger partial charge in [0.05, 0.1) is 13.0 Å². The second-order valence-corrected chi connectivity index (χ2v) is 5.28. The Balaban J connectivity index is 1.92. The van der Waals surface area contributed by atoms with Crippen molar-refractivity contribution in [2.75, 3.05) is 6.54 Å². The molecule has 0 saturated heterocycles. The number of amides is 3. The van der Waals surface area contributed by atoms with Crippen LogP contribution in [-0.4, -0.2) is 30.3 Å². The van der Waals surface area contributed by atoms with Crippen LogP contribution in [-0.2, 0) is 20.8 Å². The molecule has 23 heavy (non-hydrogen) atoms. The summed E-state index contributed by atoms with van der Waals surface area (Å²) < 4.78 is 0. The van der Waals surface area contributed by atoms with E-state index in [-0.39, 0.29) is 18.9 Å². The van der Waals surface area contributed by atoms with Crippen LogP contribution >= 0.6 is 0 Å². The third kappa shape index (κ3) is 4.54. The van der Waals surface area contributed by atoms with Gasteiger partial charge in [-0.25, -0.2) is 0 Å². The molecule has 6 nitrogen and oxygen atoms in total. The second-order valence-electron chi connectivity index (χ2n) is 5.28. The van der Waals surface area contributed by atoms with Gasteiger partial charge in [-0.2, -0.15) is 0 Å². The van der Waals surface area contributed by atoms with Gasteiger partial charge in [-0.1, -0.05) is 42.5 Å². The van der Waals surface area contributed by atoms with Crippen molar-refractivity contribution in [2.24, 2.45) is 5.73 Å². The third-order valence-electron chi connectivity index (χ3n) is 3.48. The summed E-state index contributed by atoms with van der Waals surface area (Å²) in [6.07, 6.45) is 0.181. The number of nitrogens with one attached hydrogen (secondary N) is 2. The van der Waals surface area contributed by atoms with Gasteiger partial charge in [0.1, 0.15) is 6.04 Å². The lowest BCUT2D eigenvalue weighted by atomic mass is 10.0. The molecule has 3 amide bonds. The Hall–Kier alpha value is -2.89. The highest BCUT2D eigenvalue weighted by atomic mass is 16.2. The highest BCUT2D eigenvalue weighted by molar-refractivity contribution is 5.92. The topological polar surface area (TPSA) is 101 Å². The zero-order chi connectivity index (χ0) is 16.8. The maximum Gasteiger partial charge on any atom is 0.240 e. The number of fused-ring (bicyclic) bond motifs is 1. The van der Waals surface area contributed by atoms with Gasteiger partial charge in [0.15, 0.2) is 0 Å². The molecule has 2 aromatic rings. The van der Waals surface area contributed by atoms with Gasteiger partial charge in [-0.05, 0) is 23.3 Å². The first-order valence-electron chi connectivity index (χ1n) is 7.29. The molecule has 2 aromatic carbocycles. The van der Waals surface area contributed by atoms with Crippen LogP contribution in [0.2, 0.25) is 0 Å². The van der Waals surface area contributed by atoms with Crippen molar-refractivity contribution < 1.29 is 14.4 Å². The highest BCUT2D eigenvalue weighted by Gasteiger charge is 2.13. The lowest BCUT2D eigenvalue weighted by Gasteiger charge is -2.11. The van der Waals surface area contributed by atoms with Crippen LogP contribution in [0.15, 0.2) is 42.5 Å². The minimum atomic E-state index is -0.766. The van der Waals surface area contributed by atoms with E-state index in [0.29, 0.717) is 0 Å². The Morgan fingerprint density at radius 1 is 1.04 bits per heavy atom. The average Bonchev–Trinajstić information content (AvgIpc) is 2.53. The highest BCUT2D eigenvalue weighted by Crippen LogP contribution is 2.18. The van der Waals surface area contributed by atoms with E-state index in [2.05, 4.69) is 10.6 Å². The molecule has 0 saturated carbocycles. The van der Waals surface area contributed by atoms with Gasteiger partial charge in [0, 0.05) is 0 Å². The fourth-order valence-electron chi connectivity index (χ4n) is 2.22. The molecule has 6 heteroatoms. The molecule has 2 rings (SSSR count). The van der Waals surface area contributed by atoms with E-state index >= 15 is 0 Å². The molecule has 0 heterocycles. The molecule has 0 aliphatic carbocycles. The lowest BCUT2D eigenvalue weighted by Crippen LogP contribution is -2.46. The van der Waals surface area contributed by atoms with E-state index in [0.717, 1.165) is 16.3 Å². The first-order valence-corrected chi connectivity index (χ1v) is 7.29. The van der Waals surface area contributed by atoms with E-state index in [1.165, 1.54) is 6.92 Å². The Labute approximate surface area is 134 Å². The lowest BCUT2D eigenvalue weighted by molar-refractivity contribution is -0.128. The van der Waals surface area contributed by atoms with Crippen LogP contribution in [0, 0.1) is 0 Å². The van der Waals surface area contributed by atoms with Crippen molar-refractivity contribution in [1.29, 1.82) is 0 Å². The maximum absolute atomic E-state index is 12.0. The van der Waals surface area contributed by atoms with Crippen molar-refractivity contribution in [2.45, 2.75) is 19.4 Å². The largest absolute Gasteiger partial charge is 0.368 e. The summed E-state index contributed by atoms with van der Waals surface area (Å²) >= 11 is 0. The molecular formula is C17H19N3O3. The quantitative estimate of drug-likeness (QED) is 0.723. The van der Waals surface area contributed by atoms with Crippen molar-refractivity contribution in [3.8, 4) is 0 Å². The number of carbonyl (C=O) groups excluding carboxylic acids is 3. The van der Waals surface area contributed by atoms with Gasteiger partial charge in [0.25, 0.3) is 0 Å². The zero-order valence-corrected chi connectivity index (χ0v) is 12.8. The SMILES string of the molecule is CC(NC(=O)CNC(=O)Cc1cccc2ccccc12)C(N)=O. The fourth-order valence-corrected chi connectivity index (χ4v) is 2.22. The molecule has 0 aliphatic rings. The predicted octanol–water partition coefficient (Wildman–Crippen LogP) is 0.488. The predicted molar refractivity (Wildman–Crippen MR) is 87.5 cm³/mol. The standard InChI is InChI=1S/C17H19N3O3/c1-11(17(18)23)20-16(22)10-19-15(21)9-13-7-4-6-12-5-2-3-8-14(12)13/h2-8,11H,9-10H2,1H3,(H2,18,23)(H,19,21)(H,20,22). The molecule has 0 fully saturated rings. The van der Waals surface area contributed by atoms with Crippen molar-refractivity contribution in [3.05, 3.63) is 48.0 Å². The second kappa shape index (κ2) is 7.40. The Morgan fingerprint density at radius 3 is 2.48 bits per heavy atom. The smallest absolute Gasteiger partial charge is 0.240 e. The molecular weight excluding hydrogens is 294 g/mol. The molecule has 0 radical (unpaired) electrons. The summed E-state index contributed by atoms with van der Waals surface area (Å²) in [4.78, 5) is 34.4. The summed E-state index contributed by atoms with van der Waals surface area (Å²) in [6.45, 7) is 1.29. The van der Waals surface area contributed by atoms with Gasteiger partial charge in [-0.15, -0.1) is 0 Å². The number of hydrogen-bond acceptors (Lipinski definition) is 3. The van der Waals surface area contributed by atoms with E-state index in [1.54, 1.807) is 0 Å². The first-order chi connectivity index (χ1) is 11.0. The summed E-state index contributed by atoms with van der Waals surface area (Å²) in [5.74, 6) is -1.34. The van der Waals surface area contributed by atoms with Gasteiger partial charge >= 0.3 is 0 Å². The Kier molecular flexibility index (Phi) is 5.30. The molecule has 0 aromatic heterocycles. The zero-order valence-electron chi connectivity index (χ0n) is 12.8. The minimum Gasteiger partial charge on any atom is -0.368 e. The molecule has 120 valence electrons. The summed E-state index contributed by atoms with van der Waals surface area (Å²) in [5.41, 5.74) is 5.95. The van der Waals surface area contributed by atoms with Crippen molar-refractivity contribution in [3.63, 3.8) is 0 Å². The van der Waals surface area contributed by atoms with E-state index in [4.69, 9.17) is 5.73 Å². The maximum atomic E-state index is 12.0. The number of rotatable bonds is 6. The molecule has 1 atom stereocenters. The summed E-state index contributed by atoms with van der Waals surface area (Å²) in [6, 6.07) is 12.8. The van der Waals surface area contributed by atoms with Crippen LogP contribution in [0.5, 0.6) is 0 Å². The van der Waals surface area contributed by atoms with E-state index < -0.39 is 17.9 Å². The molecule has 4 N–H and O–H groups in total. The van der Waals surface area contributed by atoms with E-state index in [9.17, 15) is 14.4 Å². The average molecular weight is 313 g/mol. The van der Waals surface area contributed by atoms with Crippen LogP contribution in [0.1, 0.15) is 12.5 Å². The fraction of sp³-hybridized carbons (Fsp3) is 0.235. The van der Waals surface area contributed by atoms with Gasteiger partial charge in [-0.3, -0.25) is 14.4 Å². The number of primary amides is 1. The van der Waals surface area contributed by atoms with Crippen LogP contribution in [0.4, 0.5) is 0 Å². The monoisotopic (exact) mass is 313 g/mol. The first kappa shape index (κ1) is 16.5. The van der Waals surface area contributed by atoms with Crippen molar-refractivity contribution >= 4 is 28.5 Å². The molecule has 1 unspecified atom stereocenters. The van der Waals surface area contributed by atoms with E-state index in [1.807, 2.05) is 42.5 Å². The van der Waals surface area contributed by atoms with Crippen LogP contribution in [0.3, 0.4) is 0 Å². The van der Waals surface area contributed by atoms with Gasteiger partial charge < -0.3 is 16.4 Å². The Morgan fingerprint density at radius 2 is 1.74 bits per heavy atom. The number of carbonyl (C=O) groups is 3. The van der Waals surface area contributed by atoms with Crippen LogP contribution in [0.25, 0.3) is 10.8 Å². The van der Waals surface area contributed by atoms with Gasteiger partial charge in [0.2, 0.25) is 17.7 Å². The number of nitrogens with two attached hydrogens (primary N) is 1. The third-order valence-corrected chi connectivity index (χ3v) is 3.48. The normalized spacial score (nSPS) is 11.7. The number of hydrogen-bond donors (Lipinski definition) is 3. The minimum absolute atomic E-state index is 0.181.